The van der Waals surface area contributed by atoms with Crippen LogP contribution in [-0.2, 0) is 6.42 Å². The maximum Gasteiger partial charge on any atom is 0.256 e. The number of ether oxygens (including phenoxy) is 1. The Kier molecular flexibility index (Phi) is 2.98. The lowest BCUT2D eigenvalue weighted by Crippen LogP contribution is -2.08. The third-order valence-electron chi connectivity index (χ3n) is 4.14. The quantitative estimate of drug-likeness (QED) is 0.610. The van der Waals surface area contributed by atoms with Gasteiger partial charge in [-0.25, -0.2) is 0 Å². The monoisotopic (exact) mass is 293 g/mol. The molecule has 4 heteroatoms. The lowest BCUT2D eigenvalue weighted by Gasteiger charge is -2.09. The van der Waals surface area contributed by atoms with Crippen molar-refractivity contribution in [3.8, 4) is 17.0 Å². The van der Waals surface area contributed by atoms with E-state index in [1.54, 1.807) is 0 Å². The van der Waals surface area contributed by atoms with Crippen LogP contribution in [0.15, 0.2) is 47.3 Å². The smallest absolute Gasteiger partial charge is 0.256 e. The summed E-state index contributed by atoms with van der Waals surface area (Å²) >= 11 is 0. The van der Waals surface area contributed by atoms with E-state index in [0.717, 1.165) is 39.9 Å². The van der Waals surface area contributed by atoms with Crippen LogP contribution in [0.1, 0.15) is 11.1 Å². The number of pyridine rings is 1. The molecule has 0 saturated carbocycles. The molecule has 2 aromatic carbocycles. The minimum atomic E-state index is -0.0659. The summed E-state index contributed by atoms with van der Waals surface area (Å²) in [5.74, 6) is 0.771. The van der Waals surface area contributed by atoms with Crippen molar-refractivity contribution in [1.82, 2.24) is 4.98 Å². The maximum atomic E-state index is 12.3. The maximum absolute atomic E-state index is 12.3. The summed E-state index contributed by atoms with van der Waals surface area (Å²) in [6.45, 7) is 0.250. The Labute approximate surface area is 127 Å². The summed E-state index contributed by atoms with van der Waals surface area (Å²) in [7, 11) is 0. The second-order valence-electron chi connectivity index (χ2n) is 5.38. The lowest BCUT2D eigenvalue weighted by molar-refractivity contribution is 0.200. The zero-order valence-electron chi connectivity index (χ0n) is 11.9. The van der Waals surface area contributed by atoms with Crippen LogP contribution >= 0.6 is 0 Å². The molecule has 0 fully saturated rings. The van der Waals surface area contributed by atoms with Crippen molar-refractivity contribution >= 4 is 10.8 Å². The number of aromatic nitrogens is 1. The molecule has 4 rings (SSSR count). The van der Waals surface area contributed by atoms with Crippen molar-refractivity contribution in [1.29, 1.82) is 0 Å². The average molecular weight is 293 g/mol. The molecule has 1 heterocycles. The van der Waals surface area contributed by atoms with Crippen molar-refractivity contribution in [2.45, 2.75) is 6.42 Å². The molecule has 0 radical (unpaired) electrons. The Balaban J connectivity index is 1.95. The Morgan fingerprint density at radius 2 is 1.86 bits per heavy atom. The van der Waals surface area contributed by atoms with Gasteiger partial charge >= 0.3 is 0 Å². The van der Waals surface area contributed by atoms with Crippen molar-refractivity contribution in [3.05, 3.63) is 63.9 Å². The summed E-state index contributed by atoms with van der Waals surface area (Å²) in [5, 5.41) is 10.7. The van der Waals surface area contributed by atoms with E-state index in [1.807, 2.05) is 42.5 Å². The predicted molar refractivity (Wildman–Crippen MR) is 85.4 cm³/mol. The molecule has 0 aliphatic heterocycles. The van der Waals surface area contributed by atoms with Crippen LogP contribution in [-0.4, -0.2) is 23.3 Å². The number of aliphatic hydroxyl groups is 1. The van der Waals surface area contributed by atoms with Crippen LogP contribution in [0.5, 0.6) is 5.75 Å². The molecule has 0 saturated heterocycles. The fourth-order valence-electron chi connectivity index (χ4n) is 3.20. The summed E-state index contributed by atoms with van der Waals surface area (Å²) in [4.78, 5) is 15.3. The standard InChI is InChI=1S/C18H15NO3/c20-8-9-22-16-7-3-6-12-14(16)10-15-11-4-1-2-5-13(11)18(21)19-17(12)15/h1-7,20H,8-10H2,(H,19,21). The molecule has 22 heavy (non-hydrogen) atoms. The zero-order chi connectivity index (χ0) is 15.1. The van der Waals surface area contributed by atoms with Gasteiger partial charge in [0.25, 0.3) is 5.56 Å². The van der Waals surface area contributed by atoms with E-state index in [0.29, 0.717) is 5.39 Å². The van der Waals surface area contributed by atoms with Crippen molar-refractivity contribution in [2.24, 2.45) is 0 Å². The highest BCUT2D eigenvalue weighted by Crippen LogP contribution is 2.41. The van der Waals surface area contributed by atoms with Gasteiger partial charge in [-0.05, 0) is 23.1 Å². The number of H-pyrrole nitrogens is 1. The molecule has 4 nitrogen and oxygen atoms in total. The van der Waals surface area contributed by atoms with E-state index >= 15 is 0 Å². The van der Waals surface area contributed by atoms with E-state index in [2.05, 4.69) is 4.98 Å². The second kappa shape index (κ2) is 5.00. The van der Waals surface area contributed by atoms with Crippen molar-refractivity contribution in [2.75, 3.05) is 13.2 Å². The molecule has 1 aliphatic carbocycles. The molecular formula is C18H15NO3. The number of aliphatic hydroxyl groups excluding tert-OH is 1. The van der Waals surface area contributed by atoms with Crippen LogP contribution in [0.2, 0.25) is 0 Å². The second-order valence-corrected chi connectivity index (χ2v) is 5.38. The molecule has 110 valence electrons. The molecule has 0 unspecified atom stereocenters. The largest absolute Gasteiger partial charge is 0.491 e. The van der Waals surface area contributed by atoms with Crippen LogP contribution < -0.4 is 10.3 Å². The van der Waals surface area contributed by atoms with Crippen molar-refractivity contribution < 1.29 is 9.84 Å². The van der Waals surface area contributed by atoms with E-state index in [9.17, 15) is 4.79 Å². The Morgan fingerprint density at radius 3 is 2.68 bits per heavy atom. The molecular weight excluding hydrogens is 278 g/mol. The predicted octanol–water partition coefficient (Wildman–Crippen LogP) is 2.47. The first-order valence-electron chi connectivity index (χ1n) is 7.29. The van der Waals surface area contributed by atoms with Gasteiger partial charge in [-0.15, -0.1) is 0 Å². The number of rotatable bonds is 3. The third-order valence-corrected chi connectivity index (χ3v) is 4.14. The molecule has 1 aliphatic rings. The number of nitrogens with one attached hydrogen (secondary N) is 1. The van der Waals surface area contributed by atoms with Crippen LogP contribution in [0, 0.1) is 0 Å². The summed E-state index contributed by atoms with van der Waals surface area (Å²) in [6, 6.07) is 13.5. The Morgan fingerprint density at radius 1 is 1.05 bits per heavy atom. The minimum absolute atomic E-state index is 0.0175. The van der Waals surface area contributed by atoms with Gasteiger partial charge in [0.15, 0.2) is 0 Å². The van der Waals surface area contributed by atoms with Gasteiger partial charge in [0.1, 0.15) is 12.4 Å². The topological polar surface area (TPSA) is 62.3 Å². The molecule has 3 aromatic rings. The first kappa shape index (κ1) is 13.1. The third kappa shape index (κ3) is 1.84. The van der Waals surface area contributed by atoms with Gasteiger partial charge in [-0.2, -0.15) is 0 Å². The number of fused-ring (bicyclic) bond motifs is 5. The van der Waals surface area contributed by atoms with E-state index in [-0.39, 0.29) is 18.8 Å². The molecule has 2 N–H and O–H groups in total. The van der Waals surface area contributed by atoms with Gasteiger partial charge in [-0.1, -0.05) is 30.3 Å². The minimum Gasteiger partial charge on any atom is -0.491 e. The number of hydrogen-bond acceptors (Lipinski definition) is 3. The summed E-state index contributed by atoms with van der Waals surface area (Å²) < 4.78 is 5.63. The first-order valence-corrected chi connectivity index (χ1v) is 7.29. The fraction of sp³-hybridized carbons (Fsp3) is 0.167. The summed E-state index contributed by atoms with van der Waals surface area (Å²) in [6.07, 6.45) is 0.726. The van der Waals surface area contributed by atoms with Crippen LogP contribution in [0.3, 0.4) is 0 Å². The van der Waals surface area contributed by atoms with Crippen LogP contribution in [0.25, 0.3) is 22.0 Å². The van der Waals surface area contributed by atoms with E-state index in [1.165, 1.54) is 0 Å². The normalized spacial score (nSPS) is 12.2. The van der Waals surface area contributed by atoms with Crippen molar-refractivity contribution in [3.63, 3.8) is 0 Å². The van der Waals surface area contributed by atoms with E-state index < -0.39 is 0 Å². The Bertz CT molecular complexity index is 927. The highest BCUT2D eigenvalue weighted by Gasteiger charge is 2.25. The molecule has 1 aromatic heterocycles. The van der Waals surface area contributed by atoms with Crippen LogP contribution in [0.4, 0.5) is 0 Å². The first-order chi connectivity index (χ1) is 10.8. The summed E-state index contributed by atoms with van der Waals surface area (Å²) in [5.41, 5.74) is 4.02. The van der Waals surface area contributed by atoms with Gasteiger partial charge in [0.2, 0.25) is 0 Å². The highest BCUT2D eigenvalue weighted by molar-refractivity contribution is 5.93. The van der Waals surface area contributed by atoms with Gasteiger partial charge in [-0.3, -0.25) is 4.79 Å². The molecule has 0 bridgehead atoms. The highest BCUT2D eigenvalue weighted by atomic mass is 16.5. The number of aromatic amines is 1. The number of hydrogen-bond donors (Lipinski definition) is 2. The molecule has 0 amide bonds. The average Bonchev–Trinajstić information content (AvgIpc) is 2.93. The molecule has 0 spiro atoms. The lowest BCUT2D eigenvalue weighted by atomic mass is 10.0. The SMILES string of the molecule is O=c1[nH]c2c(c3ccccc13)Cc1c(OCCO)cccc1-2. The van der Waals surface area contributed by atoms with Gasteiger partial charge < -0.3 is 14.8 Å². The Hall–Kier alpha value is -2.59. The molecule has 0 atom stereocenters. The zero-order valence-corrected chi connectivity index (χ0v) is 11.9. The van der Waals surface area contributed by atoms with Gasteiger partial charge in [0, 0.05) is 22.9 Å². The van der Waals surface area contributed by atoms with E-state index in [4.69, 9.17) is 9.84 Å². The fourth-order valence-corrected chi connectivity index (χ4v) is 3.20. The van der Waals surface area contributed by atoms with Gasteiger partial charge in [0.05, 0.1) is 12.3 Å². The number of benzene rings is 2.